The Balaban J connectivity index is 1.74. The Labute approximate surface area is 298 Å². The molecule has 0 aromatic heterocycles. The van der Waals surface area contributed by atoms with Crippen molar-refractivity contribution in [3.63, 3.8) is 0 Å². The maximum absolute atomic E-state index is 12.6. The van der Waals surface area contributed by atoms with Crippen LogP contribution in [0.4, 0.5) is 0 Å². The van der Waals surface area contributed by atoms with Crippen molar-refractivity contribution in [1.29, 1.82) is 0 Å². The summed E-state index contributed by atoms with van der Waals surface area (Å²) in [4.78, 5) is 25.0. The first kappa shape index (κ1) is 39.3. The van der Waals surface area contributed by atoms with Crippen LogP contribution in [0, 0.1) is 24.2 Å². The molecule has 18 heteroatoms. The zero-order valence-electron chi connectivity index (χ0n) is 27.1. The predicted molar refractivity (Wildman–Crippen MR) is 179 cm³/mol. The van der Waals surface area contributed by atoms with Gasteiger partial charge < -0.3 is 49.7 Å². The van der Waals surface area contributed by atoms with Gasteiger partial charge in [0.15, 0.2) is 0 Å². The van der Waals surface area contributed by atoms with E-state index >= 15 is 0 Å². The van der Waals surface area contributed by atoms with Gasteiger partial charge in [0.25, 0.3) is 20.2 Å². The highest BCUT2D eigenvalue weighted by Crippen LogP contribution is 2.56. The summed E-state index contributed by atoms with van der Waals surface area (Å²) >= 11 is 0. The first-order valence-corrected chi connectivity index (χ1v) is 19.2. The van der Waals surface area contributed by atoms with Crippen molar-refractivity contribution in [3.8, 4) is 35.7 Å². The number of aliphatic hydroxyl groups is 6. The Bertz CT molecular complexity index is 2050. The third kappa shape index (κ3) is 7.45. The smallest absolute Gasteiger partial charge is 0.264 e. The van der Waals surface area contributed by atoms with Gasteiger partial charge in [-0.15, -0.1) is 6.42 Å². The molecule has 1 fully saturated rings. The summed E-state index contributed by atoms with van der Waals surface area (Å²) in [5.74, 6) is 1.24. The van der Waals surface area contributed by atoms with Crippen LogP contribution >= 0.6 is 0 Å². The van der Waals surface area contributed by atoms with Gasteiger partial charge >= 0.3 is 0 Å². The summed E-state index contributed by atoms with van der Waals surface area (Å²) in [7, 11) is -8.56. The number of terminal acetylenes is 1. The molecule has 8 N–H and O–H groups in total. The summed E-state index contributed by atoms with van der Waals surface area (Å²) < 4.78 is 74.1. The third-order valence-electron chi connectivity index (χ3n) is 9.58. The van der Waals surface area contributed by atoms with Crippen molar-refractivity contribution in [3.05, 3.63) is 57.1 Å². The molecule has 0 heterocycles. The second kappa shape index (κ2) is 15.2. The molecule has 52 heavy (non-hydrogen) atoms. The van der Waals surface area contributed by atoms with Crippen molar-refractivity contribution in [2.24, 2.45) is 0 Å². The van der Waals surface area contributed by atoms with E-state index < -0.39 is 92.0 Å². The Morgan fingerprint density at radius 1 is 0.654 bits per heavy atom. The van der Waals surface area contributed by atoms with E-state index in [0.717, 1.165) is 0 Å². The van der Waals surface area contributed by atoms with E-state index in [1.165, 1.54) is 18.2 Å². The number of hydrogen-bond donors (Lipinski definition) is 8. The fraction of sp³-hybridized carbons (Fsp3) is 0.471. The van der Waals surface area contributed by atoms with Gasteiger partial charge in [-0.25, -0.2) is 0 Å². The normalized spacial score (nSPS) is 29.1. The summed E-state index contributed by atoms with van der Waals surface area (Å²) in [5, 5.41) is 66.2. The number of aldehydes is 2. The Morgan fingerprint density at radius 3 is 1.58 bits per heavy atom. The van der Waals surface area contributed by atoms with Crippen molar-refractivity contribution < 1.29 is 75.6 Å². The van der Waals surface area contributed by atoms with Gasteiger partial charge in [0.2, 0.25) is 0 Å². The van der Waals surface area contributed by atoms with Crippen LogP contribution in [-0.2, 0) is 29.8 Å². The number of hydrogen-bond acceptors (Lipinski definition) is 14. The van der Waals surface area contributed by atoms with Crippen LogP contribution in [-0.4, -0.2) is 130 Å². The third-order valence-corrected chi connectivity index (χ3v) is 11.2. The molecule has 1 saturated carbocycles. The first-order chi connectivity index (χ1) is 24.4. The van der Waals surface area contributed by atoms with E-state index in [1.807, 2.05) is 0 Å². The van der Waals surface area contributed by atoms with Crippen LogP contribution in [0.1, 0.15) is 75.5 Å². The lowest BCUT2D eigenvalue weighted by atomic mass is 9.56. The molecule has 280 valence electrons. The summed E-state index contributed by atoms with van der Waals surface area (Å²) in [5.41, 5.74) is -0.242. The lowest BCUT2D eigenvalue weighted by molar-refractivity contribution is -0.148. The highest BCUT2D eigenvalue weighted by atomic mass is 32.2. The van der Waals surface area contributed by atoms with E-state index in [2.05, 4.69) is 17.8 Å². The lowest BCUT2D eigenvalue weighted by Gasteiger charge is -2.52. The van der Waals surface area contributed by atoms with E-state index in [1.54, 1.807) is 0 Å². The van der Waals surface area contributed by atoms with Crippen molar-refractivity contribution >= 4 is 32.8 Å². The number of ether oxygens (including phenoxy) is 2. The monoisotopic (exact) mass is 764 g/mol. The first-order valence-electron chi connectivity index (χ1n) is 16.0. The van der Waals surface area contributed by atoms with Crippen LogP contribution in [0.15, 0.2) is 18.2 Å². The minimum absolute atomic E-state index is 0.0353. The minimum atomic E-state index is -4.30. The van der Waals surface area contributed by atoms with Crippen molar-refractivity contribution in [2.75, 3.05) is 24.7 Å². The summed E-state index contributed by atoms with van der Waals surface area (Å²) in [6.07, 6.45) is -3.93. The molecule has 0 aliphatic heterocycles. The fourth-order valence-corrected chi connectivity index (χ4v) is 8.28. The van der Waals surface area contributed by atoms with Gasteiger partial charge in [-0.05, 0) is 53.3 Å². The van der Waals surface area contributed by atoms with Gasteiger partial charge in [0, 0.05) is 23.0 Å². The molecule has 0 saturated heterocycles. The molecule has 4 aliphatic carbocycles. The lowest BCUT2D eigenvalue weighted by Crippen LogP contribution is -2.60. The van der Waals surface area contributed by atoms with E-state index in [0.29, 0.717) is 12.6 Å². The number of benzene rings is 2. The molecular formula is C34H36O16S2. The number of aliphatic hydroxyl groups excluding tert-OH is 6. The van der Waals surface area contributed by atoms with Gasteiger partial charge in [0.05, 0.1) is 78.7 Å². The summed E-state index contributed by atoms with van der Waals surface area (Å²) in [6, 6.07) is 4.17. The summed E-state index contributed by atoms with van der Waals surface area (Å²) in [6.45, 7) is -0.380. The molecule has 6 rings (SSSR count). The van der Waals surface area contributed by atoms with Gasteiger partial charge in [-0.1, -0.05) is 17.8 Å². The zero-order chi connectivity index (χ0) is 38.3. The SMILES string of the molecule is C#Cc1c2c(c(C#Cc3cc(OCCCS(=O)(=O)O)ccc3OCCCS(=O)(=O)O)c3c1C1C(O)C(O)C3C(O)C1O)C(C=O)C(O)C(O)C2C=O. The quantitative estimate of drug-likeness (QED) is 0.0519. The van der Waals surface area contributed by atoms with Crippen LogP contribution in [0.3, 0.4) is 0 Å². The predicted octanol–water partition coefficient (Wildman–Crippen LogP) is -1.68. The van der Waals surface area contributed by atoms with Crippen LogP contribution < -0.4 is 9.47 Å². The molecule has 0 amide bonds. The van der Waals surface area contributed by atoms with Gasteiger partial charge in [-0.2, -0.15) is 16.8 Å². The number of carbonyl (C=O) groups excluding carboxylic acids is 2. The molecule has 2 bridgehead atoms. The van der Waals surface area contributed by atoms with Crippen LogP contribution in [0.25, 0.3) is 0 Å². The molecule has 0 spiro atoms. The number of fused-ring (bicyclic) bond motifs is 3. The number of carbonyl (C=O) groups is 2. The topological polar surface area (TPSA) is 283 Å². The zero-order valence-corrected chi connectivity index (χ0v) is 28.8. The maximum atomic E-state index is 12.6. The second-order valence-electron chi connectivity index (χ2n) is 12.8. The largest absolute Gasteiger partial charge is 0.494 e. The van der Waals surface area contributed by atoms with Gasteiger partial charge in [-0.3, -0.25) is 9.11 Å². The van der Waals surface area contributed by atoms with Crippen LogP contribution in [0.5, 0.6) is 11.5 Å². The Kier molecular flexibility index (Phi) is 11.5. The molecule has 16 nitrogen and oxygen atoms in total. The highest BCUT2D eigenvalue weighted by Gasteiger charge is 2.59. The van der Waals surface area contributed by atoms with Crippen LogP contribution in [0.2, 0.25) is 0 Å². The Morgan fingerprint density at radius 2 is 1.12 bits per heavy atom. The maximum Gasteiger partial charge on any atom is 0.264 e. The molecule has 2 aromatic carbocycles. The molecule has 8 unspecified atom stereocenters. The number of rotatable bonds is 12. The van der Waals surface area contributed by atoms with E-state index in [-0.39, 0.29) is 76.5 Å². The fourth-order valence-electron chi connectivity index (χ4n) is 7.31. The standard InChI is InChI=1S/C34H36O16S2/c1-2-18-23-20(14-35)29(37)30(38)21(15-36)24(23)19(26-25(18)27-31(39)33(41)28(26)34(42)32(27)40)7-5-16-13-17(49-9-3-11-51(43,44)45)6-8-22(16)50-10-4-12-52(46,47)48/h1,6,8,13-15,20-21,27-34,37-42H,3-4,9-12H2,(H,43,44,45)(H,46,47,48). The molecular weight excluding hydrogens is 728 g/mol. The molecule has 2 aromatic rings. The minimum Gasteiger partial charge on any atom is -0.494 e. The average Bonchev–Trinajstić information content (AvgIpc) is 3.07. The van der Waals surface area contributed by atoms with Crippen molar-refractivity contribution in [1.82, 2.24) is 0 Å². The van der Waals surface area contributed by atoms with Crippen molar-refractivity contribution in [2.45, 2.75) is 73.1 Å². The average molecular weight is 765 g/mol. The highest BCUT2D eigenvalue weighted by molar-refractivity contribution is 7.86. The van der Waals surface area contributed by atoms with Gasteiger partial charge in [0.1, 0.15) is 24.1 Å². The van der Waals surface area contributed by atoms with E-state index in [4.69, 9.17) is 25.0 Å². The molecule has 4 aliphatic rings. The Hall–Kier alpha value is -3.92. The van der Waals surface area contributed by atoms with E-state index in [9.17, 15) is 57.1 Å². The molecule has 0 radical (unpaired) electrons. The molecule has 8 atom stereocenters. The second-order valence-corrected chi connectivity index (χ2v) is 15.9.